The highest BCUT2D eigenvalue weighted by molar-refractivity contribution is 6.30. The fourth-order valence-corrected chi connectivity index (χ4v) is 3.18. The molecule has 0 radical (unpaired) electrons. The third-order valence-electron chi connectivity index (χ3n) is 4.34. The molecule has 7 heteroatoms. The molecule has 0 aromatic heterocycles. The smallest absolute Gasteiger partial charge is 0.313 e. The summed E-state index contributed by atoms with van der Waals surface area (Å²) in [5.74, 6) is -0.194. The molecular weight excluding hydrogens is 380 g/mol. The normalized spacial score (nSPS) is 11.2. The molecule has 0 N–H and O–H groups in total. The van der Waals surface area contributed by atoms with Crippen LogP contribution in [0.1, 0.15) is 19.1 Å². The van der Waals surface area contributed by atoms with E-state index in [1.807, 2.05) is 25.1 Å². The summed E-state index contributed by atoms with van der Waals surface area (Å²) in [4.78, 5) is 25.3. The quantitative estimate of drug-likeness (QED) is 0.472. The van der Waals surface area contributed by atoms with E-state index >= 15 is 0 Å². The van der Waals surface area contributed by atoms with Crippen molar-refractivity contribution < 1.29 is 13.9 Å². The lowest BCUT2D eigenvalue weighted by Gasteiger charge is -2.08. The Morgan fingerprint density at radius 1 is 1.18 bits per heavy atom. The number of nitrogens with zero attached hydrogens (tertiary/aromatic N) is 2. The predicted molar refractivity (Wildman–Crippen MR) is 106 cm³/mol. The zero-order valence-electron chi connectivity index (χ0n) is 15.1. The van der Waals surface area contributed by atoms with Crippen molar-refractivity contribution in [1.29, 1.82) is 0 Å². The summed E-state index contributed by atoms with van der Waals surface area (Å²) in [6, 6.07) is 14.1. The van der Waals surface area contributed by atoms with Gasteiger partial charge >= 0.3 is 5.97 Å². The first-order valence-corrected chi connectivity index (χ1v) is 9.31. The van der Waals surface area contributed by atoms with Crippen molar-refractivity contribution in [2.75, 3.05) is 6.61 Å². The Kier molecular flexibility index (Phi) is 4.88. The van der Waals surface area contributed by atoms with E-state index in [2.05, 4.69) is 5.10 Å². The molecule has 0 bridgehead atoms. The Balaban J connectivity index is 1.92. The fourth-order valence-electron chi connectivity index (χ4n) is 3.06. The Morgan fingerprint density at radius 3 is 2.68 bits per heavy atom. The number of rotatable bonds is 5. The number of fused-ring (bicyclic) bond motifs is 3. The van der Waals surface area contributed by atoms with Crippen molar-refractivity contribution in [1.82, 2.24) is 9.78 Å². The standard InChI is InChI=1S/C21H17ClN2O4/c1-2-11-27-18(25)12-17-19-20(15-5-3-4-6-16(15)28-17)23-24(21(19)26)14-9-7-13(22)8-10-14/h3-10H,2,11-12H2,1H3. The molecule has 6 nitrogen and oxygen atoms in total. The third kappa shape index (κ3) is 3.27. The van der Waals surface area contributed by atoms with Crippen LogP contribution in [-0.2, 0) is 16.0 Å². The van der Waals surface area contributed by atoms with E-state index in [0.29, 0.717) is 34.0 Å². The maximum atomic E-state index is 13.1. The minimum absolute atomic E-state index is 0.136. The highest BCUT2D eigenvalue weighted by Crippen LogP contribution is 2.32. The summed E-state index contributed by atoms with van der Waals surface area (Å²) >= 11 is 5.95. The van der Waals surface area contributed by atoms with Gasteiger partial charge < -0.3 is 9.15 Å². The van der Waals surface area contributed by atoms with Crippen LogP contribution in [0.3, 0.4) is 0 Å². The summed E-state index contributed by atoms with van der Waals surface area (Å²) in [6.45, 7) is 2.24. The van der Waals surface area contributed by atoms with Crippen LogP contribution in [0, 0.1) is 0 Å². The molecule has 2 aromatic rings. The van der Waals surface area contributed by atoms with Crippen LogP contribution < -0.4 is 5.56 Å². The van der Waals surface area contributed by atoms with E-state index in [9.17, 15) is 9.59 Å². The van der Waals surface area contributed by atoms with Gasteiger partial charge in [-0.25, -0.2) is 0 Å². The molecule has 2 aromatic carbocycles. The minimum atomic E-state index is -0.444. The van der Waals surface area contributed by atoms with Crippen LogP contribution >= 0.6 is 11.6 Å². The predicted octanol–water partition coefficient (Wildman–Crippen LogP) is 4.23. The van der Waals surface area contributed by atoms with Crippen LogP contribution in [0.25, 0.3) is 27.9 Å². The summed E-state index contributed by atoms with van der Waals surface area (Å²) in [5, 5.41) is 5.78. The zero-order valence-corrected chi connectivity index (χ0v) is 15.9. The fraction of sp³-hybridized carbons (Fsp3) is 0.190. The van der Waals surface area contributed by atoms with Gasteiger partial charge in [-0.2, -0.15) is 9.78 Å². The number of aromatic nitrogens is 2. The molecule has 0 saturated heterocycles. The van der Waals surface area contributed by atoms with E-state index in [-0.39, 0.29) is 23.3 Å². The topological polar surface area (TPSA) is 74.3 Å². The molecule has 2 heterocycles. The van der Waals surface area contributed by atoms with Crippen molar-refractivity contribution in [3.63, 3.8) is 0 Å². The Hall–Kier alpha value is -3.12. The molecule has 0 aliphatic carbocycles. The Morgan fingerprint density at radius 2 is 1.93 bits per heavy atom. The number of para-hydroxylation sites is 1. The molecule has 0 fully saturated rings. The Bertz CT molecular complexity index is 1180. The first kappa shape index (κ1) is 18.3. The molecule has 2 aliphatic heterocycles. The summed E-state index contributed by atoms with van der Waals surface area (Å²) in [7, 11) is 0. The van der Waals surface area contributed by atoms with Gasteiger partial charge in [0.05, 0.1) is 12.3 Å². The first-order valence-electron chi connectivity index (χ1n) is 8.93. The van der Waals surface area contributed by atoms with E-state index in [0.717, 1.165) is 6.42 Å². The number of ether oxygens (including phenoxy) is 1. The number of carbonyl (C=O) groups excluding carboxylic acids is 1. The van der Waals surface area contributed by atoms with Crippen molar-refractivity contribution in [2.24, 2.45) is 0 Å². The molecular formula is C21H17ClN2O4. The van der Waals surface area contributed by atoms with Gasteiger partial charge in [0.1, 0.15) is 29.0 Å². The number of carbonyl (C=O) groups is 1. The molecule has 4 rings (SSSR count). The van der Waals surface area contributed by atoms with Gasteiger partial charge in [-0.3, -0.25) is 9.59 Å². The monoisotopic (exact) mass is 396 g/mol. The van der Waals surface area contributed by atoms with Gasteiger partial charge in [-0.1, -0.05) is 30.7 Å². The summed E-state index contributed by atoms with van der Waals surface area (Å²) < 4.78 is 12.4. The summed E-state index contributed by atoms with van der Waals surface area (Å²) in [6.07, 6.45) is 0.584. The average molecular weight is 397 g/mol. The highest BCUT2D eigenvalue weighted by atomic mass is 35.5. The minimum Gasteiger partial charge on any atom is -0.465 e. The van der Waals surface area contributed by atoms with Gasteiger partial charge in [0.2, 0.25) is 0 Å². The van der Waals surface area contributed by atoms with Crippen LogP contribution in [0.2, 0.25) is 5.02 Å². The second-order valence-corrected chi connectivity index (χ2v) is 6.77. The van der Waals surface area contributed by atoms with Crippen molar-refractivity contribution >= 4 is 28.5 Å². The molecule has 142 valence electrons. The lowest BCUT2D eigenvalue weighted by Crippen LogP contribution is -2.17. The number of hydrogen-bond donors (Lipinski definition) is 0. The highest BCUT2D eigenvalue weighted by Gasteiger charge is 2.26. The lowest BCUT2D eigenvalue weighted by atomic mass is 10.1. The van der Waals surface area contributed by atoms with E-state index in [4.69, 9.17) is 20.8 Å². The number of hydrogen-bond acceptors (Lipinski definition) is 5. The lowest BCUT2D eigenvalue weighted by molar-refractivity contribution is -0.143. The van der Waals surface area contributed by atoms with Gasteiger partial charge in [0, 0.05) is 10.4 Å². The molecule has 2 aliphatic rings. The largest absolute Gasteiger partial charge is 0.465 e. The molecule has 0 saturated carbocycles. The first-order chi connectivity index (χ1) is 13.6. The number of halogens is 1. The van der Waals surface area contributed by atoms with Gasteiger partial charge in [0.25, 0.3) is 5.56 Å². The van der Waals surface area contributed by atoms with Gasteiger partial charge in [-0.05, 0) is 42.8 Å². The second-order valence-electron chi connectivity index (χ2n) is 6.34. The summed E-state index contributed by atoms with van der Waals surface area (Å²) in [5.41, 5.74) is 1.54. The SMILES string of the molecule is CCCOC(=O)Cc1oc2ccccc2c2nn(-c3ccc(Cl)cc3)c(=O)c1-2. The van der Waals surface area contributed by atoms with Crippen LogP contribution in [0.15, 0.2) is 57.7 Å². The van der Waals surface area contributed by atoms with E-state index < -0.39 is 5.97 Å². The van der Waals surface area contributed by atoms with Crippen LogP contribution in [0.4, 0.5) is 0 Å². The number of esters is 1. The molecule has 0 atom stereocenters. The molecule has 0 unspecified atom stereocenters. The van der Waals surface area contributed by atoms with E-state index in [1.165, 1.54) is 4.68 Å². The Labute approximate surface area is 165 Å². The van der Waals surface area contributed by atoms with Crippen LogP contribution in [0.5, 0.6) is 0 Å². The maximum absolute atomic E-state index is 13.1. The molecule has 28 heavy (non-hydrogen) atoms. The van der Waals surface area contributed by atoms with Crippen LogP contribution in [-0.4, -0.2) is 22.4 Å². The zero-order chi connectivity index (χ0) is 19.7. The molecule has 0 amide bonds. The maximum Gasteiger partial charge on any atom is 0.313 e. The van der Waals surface area contributed by atoms with Crippen molar-refractivity contribution in [3.8, 4) is 16.9 Å². The second kappa shape index (κ2) is 7.48. The van der Waals surface area contributed by atoms with Gasteiger partial charge in [-0.15, -0.1) is 0 Å². The average Bonchev–Trinajstić information content (AvgIpc) is 3.05. The van der Waals surface area contributed by atoms with E-state index in [1.54, 1.807) is 30.3 Å². The van der Waals surface area contributed by atoms with Crippen molar-refractivity contribution in [2.45, 2.75) is 19.8 Å². The molecule has 0 spiro atoms. The third-order valence-corrected chi connectivity index (χ3v) is 4.59. The van der Waals surface area contributed by atoms with Gasteiger partial charge in [0.15, 0.2) is 0 Å². The van der Waals surface area contributed by atoms with Crippen molar-refractivity contribution in [3.05, 3.63) is 69.7 Å². The number of benzene rings is 2.